The minimum absolute atomic E-state index is 0.0502. The lowest BCUT2D eigenvalue weighted by Crippen LogP contribution is -2.42. The van der Waals surface area contributed by atoms with E-state index in [4.69, 9.17) is 4.52 Å². The SMILES string of the molecule is Cc1ccc(S(=O)(=O)NC(=O)NCC(=O)Nc2cc(C)on2)cc1. The summed E-state index contributed by atoms with van der Waals surface area (Å²) < 4.78 is 30.6. The van der Waals surface area contributed by atoms with Gasteiger partial charge in [0.1, 0.15) is 5.76 Å². The van der Waals surface area contributed by atoms with E-state index in [1.807, 2.05) is 11.6 Å². The quantitative estimate of drug-likeness (QED) is 0.733. The molecule has 0 saturated carbocycles. The van der Waals surface area contributed by atoms with Crippen molar-refractivity contribution in [1.82, 2.24) is 15.2 Å². The third-order valence-corrected chi connectivity index (χ3v) is 4.21. The number of anilines is 1. The highest BCUT2D eigenvalue weighted by atomic mass is 32.2. The molecule has 0 aliphatic rings. The third-order valence-electron chi connectivity index (χ3n) is 2.86. The van der Waals surface area contributed by atoms with Crippen LogP contribution in [0.1, 0.15) is 11.3 Å². The molecular formula is C14H16N4O5S. The Morgan fingerprint density at radius 3 is 2.42 bits per heavy atom. The van der Waals surface area contributed by atoms with Crippen LogP contribution in [0.2, 0.25) is 0 Å². The molecule has 3 amide bonds. The van der Waals surface area contributed by atoms with Gasteiger partial charge in [-0.25, -0.2) is 17.9 Å². The molecule has 0 spiro atoms. The first-order chi connectivity index (χ1) is 11.3. The van der Waals surface area contributed by atoms with Crippen molar-refractivity contribution in [2.45, 2.75) is 18.7 Å². The summed E-state index contributed by atoms with van der Waals surface area (Å²) in [6, 6.07) is 6.47. The molecule has 3 N–H and O–H groups in total. The number of sulfonamides is 1. The molecular weight excluding hydrogens is 336 g/mol. The number of nitrogens with one attached hydrogen (secondary N) is 3. The van der Waals surface area contributed by atoms with Crippen LogP contribution < -0.4 is 15.4 Å². The normalized spacial score (nSPS) is 10.9. The lowest BCUT2D eigenvalue weighted by atomic mass is 10.2. The highest BCUT2D eigenvalue weighted by molar-refractivity contribution is 7.90. The Morgan fingerprint density at radius 2 is 1.83 bits per heavy atom. The molecule has 0 saturated heterocycles. The maximum atomic E-state index is 12.0. The van der Waals surface area contributed by atoms with E-state index in [1.54, 1.807) is 19.1 Å². The summed E-state index contributed by atoms with van der Waals surface area (Å²) in [6.45, 7) is 3.04. The van der Waals surface area contributed by atoms with E-state index in [1.165, 1.54) is 18.2 Å². The summed E-state index contributed by atoms with van der Waals surface area (Å²) >= 11 is 0. The van der Waals surface area contributed by atoms with Crippen molar-refractivity contribution in [1.29, 1.82) is 0 Å². The molecule has 9 nitrogen and oxygen atoms in total. The number of urea groups is 1. The molecule has 0 unspecified atom stereocenters. The Hall–Kier alpha value is -2.88. The molecule has 10 heteroatoms. The topological polar surface area (TPSA) is 130 Å². The summed E-state index contributed by atoms with van der Waals surface area (Å²) in [6.07, 6.45) is 0. The summed E-state index contributed by atoms with van der Waals surface area (Å²) in [5.74, 6) is 0.137. The van der Waals surface area contributed by atoms with Gasteiger partial charge in [-0.05, 0) is 26.0 Å². The number of carbonyl (C=O) groups is 2. The van der Waals surface area contributed by atoms with Crippen molar-refractivity contribution in [3.8, 4) is 0 Å². The molecule has 0 fully saturated rings. The van der Waals surface area contributed by atoms with Gasteiger partial charge in [0.2, 0.25) is 5.91 Å². The van der Waals surface area contributed by atoms with Crippen LogP contribution in [0.15, 0.2) is 39.8 Å². The average Bonchev–Trinajstić information content (AvgIpc) is 2.90. The highest BCUT2D eigenvalue weighted by Gasteiger charge is 2.17. The molecule has 0 radical (unpaired) electrons. The van der Waals surface area contributed by atoms with Gasteiger partial charge in [-0.2, -0.15) is 0 Å². The molecule has 0 aliphatic heterocycles. The van der Waals surface area contributed by atoms with Crippen molar-refractivity contribution in [2.75, 3.05) is 11.9 Å². The van der Waals surface area contributed by atoms with Gasteiger partial charge in [0.05, 0.1) is 11.4 Å². The Kier molecular flexibility index (Phi) is 5.19. The Labute approximate surface area is 138 Å². The molecule has 128 valence electrons. The van der Waals surface area contributed by atoms with Crippen LogP contribution >= 0.6 is 0 Å². The summed E-state index contributed by atoms with van der Waals surface area (Å²) in [4.78, 5) is 23.2. The highest BCUT2D eigenvalue weighted by Crippen LogP contribution is 2.09. The van der Waals surface area contributed by atoms with E-state index < -0.39 is 28.5 Å². The van der Waals surface area contributed by atoms with Gasteiger partial charge >= 0.3 is 6.03 Å². The summed E-state index contributed by atoms with van der Waals surface area (Å²) in [5, 5.41) is 8.09. The average molecular weight is 352 g/mol. The first-order valence-electron chi connectivity index (χ1n) is 6.87. The van der Waals surface area contributed by atoms with Gasteiger partial charge in [-0.15, -0.1) is 0 Å². The number of aromatic nitrogens is 1. The van der Waals surface area contributed by atoms with E-state index in [-0.39, 0.29) is 10.7 Å². The molecule has 1 aromatic heterocycles. The number of rotatable bonds is 5. The number of hydrogen-bond donors (Lipinski definition) is 3. The van der Waals surface area contributed by atoms with Crippen molar-refractivity contribution >= 4 is 27.8 Å². The monoisotopic (exact) mass is 352 g/mol. The smallest absolute Gasteiger partial charge is 0.329 e. The molecule has 0 atom stereocenters. The van der Waals surface area contributed by atoms with E-state index in [9.17, 15) is 18.0 Å². The van der Waals surface area contributed by atoms with Gasteiger partial charge < -0.3 is 15.2 Å². The molecule has 24 heavy (non-hydrogen) atoms. The second kappa shape index (κ2) is 7.13. The van der Waals surface area contributed by atoms with Crippen molar-refractivity contribution in [3.05, 3.63) is 41.7 Å². The number of nitrogens with zero attached hydrogens (tertiary/aromatic N) is 1. The second-order valence-electron chi connectivity index (χ2n) is 4.97. The molecule has 0 bridgehead atoms. The molecule has 2 rings (SSSR count). The van der Waals surface area contributed by atoms with Crippen LogP contribution in [-0.4, -0.2) is 32.1 Å². The fourth-order valence-electron chi connectivity index (χ4n) is 1.71. The maximum absolute atomic E-state index is 12.0. The minimum atomic E-state index is -4.00. The Morgan fingerprint density at radius 1 is 1.17 bits per heavy atom. The van der Waals surface area contributed by atoms with Crippen LogP contribution in [0, 0.1) is 13.8 Å². The number of aryl methyl sites for hydroxylation is 2. The summed E-state index contributed by atoms with van der Waals surface area (Å²) in [5.41, 5.74) is 0.887. The van der Waals surface area contributed by atoms with Crippen LogP contribution in [0.4, 0.5) is 10.6 Å². The van der Waals surface area contributed by atoms with Crippen LogP contribution in [0.5, 0.6) is 0 Å². The van der Waals surface area contributed by atoms with Gasteiger partial charge in [0.25, 0.3) is 10.0 Å². The van der Waals surface area contributed by atoms with E-state index >= 15 is 0 Å². The lowest BCUT2D eigenvalue weighted by molar-refractivity contribution is -0.115. The zero-order valence-corrected chi connectivity index (χ0v) is 13.8. The third kappa shape index (κ3) is 4.81. The first-order valence-corrected chi connectivity index (χ1v) is 8.35. The van der Waals surface area contributed by atoms with E-state index in [0.29, 0.717) is 5.76 Å². The number of hydrogen-bond acceptors (Lipinski definition) is 6. The molecule has 2 aromatic rings. The van der Waals surface area contributed by atoms with Gasteiger partial charge in [0.15, 0.2) is 5.82 Å². The number of benzene rings is 1. The standard InChI is InChI=1S/C14H16N4O5S/c1-9-3-5-11(6-4-9)24(21,22)18-14(20)15-8-13(19)16-12-7-10(2)23-17-12/h3-7H,8H2,1-2H3,(H2,15,18,20)(H,16,17,19). The van der Waals surface area contributed by atoms with E-state index in [2.05, 4.69) is 15.8 Å². The molecule has 1 aromatic carbocycles. The Balaban J connectivity index is 1.86. The van der Waals surface area contributed by atoms with Crippen LogP contribution in [0.3, 0.4) is 0 Å². The van der Waals surface area contributed by atoms with Gasteiger partial charge in [-0.1, -0.05) is 22.9 Å². The summed E-state index contributed by atoms with van der Waals surface area (Å²) in [7, 11) is -4.00. The zero-order valence-electron chi connectivity index (χ0n) is 13.0. The molecule has 1 heterocycles. The minimum Gasteiger partial charge on any atom is -0.360 e. The molecule has 0 aliphatic carbocycles. The van der Waals surface area contributed by atoms with Crippen LogP contribution in [0.25, 0.3) is 0 Å². The number of amides is 3. The zero-order chi connectivity index (χ0) is 17.7. The predicted octanol–water partition coefficient (Wildman–Crippen LogP) is 0.918. The Bertz CT molecular complexity index is 842. The second-order valence-corrected chi connectivity index (χ2v) is 6.65. The lowest BCUT2D eigenvalue weighted by Gasteiger charge is -2.08. The van der Waals surface area contributed by atoms with Crippen LogP contribution in [-0.2, 0) is 14.8 Å². The largest absolute Gasteiger partial charge is 0.360 e. The van der Waals surface area contributed by atoms with E-state index in [0.717, 1.165) is 5.56 Å². The van der Waals surface area contributed by atoms with Gasteiger partial charge in [0, 0.05) is 6.07 Å². The first kappa shape index (κ1) is 17.5. The fraction of sp³-hybridized carbons (Fsp3) is 0.214. The van der Waals surface area contributed by atoms with Crippen molar-refractivity contribution in [2.24, 2.45) is 0 Å². The van der Waals surface area contributed by atoms with Crippen molar-refractivity contribution < 1.29 is 22.5 Å². The van der Waals surface area contributed by atoms with Crippen molar-refractivity contribution in [3.63, 3.8) is 0 Å². The van der Waals surface area contributed by atoms with Gasteiger partial charge in [-0.3, -0.25) is 4.79 Å². The number of carbonyl (C=O) groups excluding carboxylic acids is 2. The predicted molar refractivity (Wildman–Crippen MR) is 84.8 cm³/mol. The fourth-order valence-corrected chi connectivity index (χ4v) is 2.64. The maximum Gasteiger partial charge on any atom is 0.329 e.